The van der Waals surface area contributed by atoms with Gasteiger partial charge in [-0.3, -0.25) is 0 Å². The summed E-state index contributed by atoms with van der Waals surface area (Å²) in [6.07, 6.45) is 0.724. The highest BCUT2D eigenvalue weighted by atomic mass is 19.1. The van der Waals surface area contributed by atoms with E-state index >= 15 is 0 Å². The molecule has 0 aromatic heterocycles. The van der Waals surface area contributed by atoms with Crippen LogP contribution in [0.15, 0.2) is 48.5 Å². The summed E-state index contributed by atoms with van der Waals surface area (Å²) in [4.78, 5) is 0. The minimum atomic E-state index is -0.188. The van der Waals surface area contributed by atoms with Gasteiger partial charge in [0, 0.05) is 5.92 Å². The fourth-order valence-corrected chi connectivity index (χ4v) is 2.17. The maximum atomic E-state index is 13.8. The lowest BCUT2D eigenvalue weighted by Gasteiger charge is -2.16. The van der Waals surface area contributed by atoms with E-state index in [1.807, 2.05) is 30.3 Å². The number of nitrogens with two attached hydrogens (primary N) is 1. The van der Waals surface area contributed by atoms with Crippen molar-refractivity contribution in [3.05, 3.63) is 65.5 Å². The third-order valence-corrected chi connectivity index (χ3v) is 3.27. The molecule has 19 heavy (non-hydrogen) atoms. The van der Waals surface area contributed by atoms with Gasteiger partial charge in [-0.25, -0.2) is 4.39 Å². The van der Waals surface area contributed by atoms with Gasteiger partial charge in [-0.15, -0.1) is 0 Å². The lowest BCUT2D eigenvalue weighted by molar-refractivity contribution is 0.414. The normalized spacial score (nSPS) is 12.2. The zero-order valence-electron chi connectivity index (χ0n) is 11.0. The van der Waals surface area contributed by atoms with Gasteiger partial charge in [-0.2, -0.15) is 0 Å². The summed E-state index contributed by atoms with van der Waals surface area (Å²) in [5.41, 5.74) is 7.59. The van der Waals surface area contributed by atoms with Crippen LogP contribution in [0.5, 0.6) is 5.75 Å². The van der Waals surface area contributed by atoms with Gasteiger partial charge < -0.3 is 10.5 Å². The van der Waals surface area contributed by atoms with Crippen LogP contribution in [0.2, 0.25) is 0 Å². The summed E-state index contributed by atoms with van der Waals surface area (Å²) in [5.74, 6) is 0.625. The Morgan fingerprint density at radius 1 is 1.11 bits per heavy atom. The van der Waals surface area contributed by atoms with Crippen molar-refractivity contribution in [2.75, 3.05) is 13.7 Å². The van der Waals surface area contributed by atoms with Gasteiger partial charge in [0.1, 0.15) is 11.6 Å². The highest BCUT2D eigenvalue weighted by molar-refractivity contribution is 5.30. The third-order valence-electron chi connectivity index (χ3n) is 3.27. The molecule has 0 radical (unpaired) electrons. The zero-order valence-corrected chi connectivity index (χ0v) is 11.0. The fraction of sp³-hybridized carbons (Fsp3) is 0.250. The van der Waals surface area contributed by atoms with Crippen molar-refractivity contribution >= 4 is 0 Å². The highest BCUT2D eigenvalue weighted by Gasteiger charge is 2.14. The Morgan fingerprint density at radius 2 is 1.79 bits per heavy atom. The van der Waals surface area contributed by atoms with E-state index < -0.39 is 0 Å². The molecule has 1 atom stereocenters. The summed E-state index contributed by atoms with van der Waals surface area (Å²) in [7, 11) is 1.64. The van der Waals surface area contributed by atoms with Crippen molar-refractivity contribution < 1.29 is 9.13 Å². The number of hydrogen-bond acceptors (Lipinski definition) is 2. The van der Waals surface area contributed by atoms with Crippen molar-refractivity contribution in [1.29, 1.82) is 0 Å². The Kier molecular flexibility index (Phi) is 4.53. The molecule has 0 heterocycles. The van der Waals surface area contributed by atoms with Crippen molar-refractivity contribution in [3.63, 3.8) is 0 Å². The summed E-state index contributed by atoms with van der Waals surface area (Å²) in [5, 5.41) is 0. The van der Waals surface area contributed by atoms with E-state index in [-0.39, 0.29) is 11.7 Å². The quantitative estimate of drug-likeness (QED) is 0.895. The van der Waals surface area contributed by atoms with Crippen LogP contribution < -0.4 is 10.5 Å². The van der Waals surface area contributed by atoms with Crippen molar-refractivity contribution in [1.82, 2.24) is 0 Å². The number of hydrogen-bond donors (Lipinski definition) is 1. The number of ether oxygens (including phenoxy) is 1. The summed E-state index contributed by atoms with van der Waals surface area (Å²) in [6, 6.07) is 14.6. The molecule has 2 aromatic rings. The highest BCUT2D eigenvalue weighted by Crippen LogP contribution is 2.23. The zero-order chi connectivity index (χ0) is 13.7. The van der Waals surface area contributed by atoms with Crippen molar-refractivity contribution in [2.24, 2.45) is 5.73 Å². The molecule has 0 aliphatic heterocycles. The molecule has 0 aliphatic carbocycles. The molecule has 3 heteroatoms. The van der Waals surface area contributed by atoms with Crippen LogP contribution >= 0.6 is 0 Å². The molecule has 2 nitrogen and oxygen atoms in total. The average Bonchev–Trinajstić information content (AvgIpc) is 2.46. The molecule has 0 saturated carbocycles. The van der Waals surface area contributed by atoms with E-state index in [1.54, 1.807) is 19.2 Å². The van der Waals surface area contributed by atoms with Gasteiger partial charge >= 0.3 is 0 Å². The van der Waals surface area contributed by atoms with Crippen LogP contribution in [0.25, 0.3) is 0 Å². The monoisotopic (exact) mass is 259 g/mol. The minimum Gasteiger partial charge on any atom is -0.497 e. The topological polar surface area (TPSA) is 35.2 Å². The molecule has 0 spiro atoms. The Hall–Kier alpha value is -1.87. The van der Waals surface area contributed by atoms with E-state index in [2.05, 4.69) is 0 Å². The van der Waals surface area contributed by atoms with E-state index in [9.17, 15) is 4.39 Å². The summed E-state index contributed by atoms with van der Waals surface area (Å²) < 4.78 is 18.9. The summed E-state index contributed by atoms with van der Waals surface area (Å²) in [6.45, 7) is 0.424. The van der Waals surface area contributed by atoms with E-state index in [4.69, 9.17) is 10.5 Å². The van der Waals surface area contributed by atoms with E-state index in [1.165, 1.54) is 6.07 Å². The Balaban J connectivity index is 2.17. The molecule has 100 valence electrons. The van der Waals surface area contributed by atoms with Crippen molar-refractivity contribution in [3.8, 4) is 5.75 Å². The number of methoxy groups -OCH3 is 1. The van der Waals surface area contributed by atoms with Crippen LogP contribution in [0.4, 0.5) is 4.39 Å². The number of halogens is 1. The van der Waals surface area contributed by atoms with Crippen LogP contribution in [0.3, 0.4) is 0 Å². The molecule has 0 saturated heterocycles. The molecule has 0 bridgehead atoms. The largest absolute Gasteiger partial charge is 0.497 e. The maximum absolute atomic E-state index is 13.8. The molecule has 2 N–H and O–H groups in total. The van der Waals surface area contributed by atoms with Gasteiger partial charge in [-0.1, -0.05) is 30.3 Å². The standard InChI is InChI=1S/C16H18FNO/c1-19-14-8-6-12(7-9-14)10-13(11-18)15-4-2-3-5-16(15)17/h2-9,13H,10-11,18H2,1H3. The van der Waals surface area contributed by atoms with Gasteiger partial charge in [-0.05, 0) is 42.3 Å². The molecule has 2 aromatic carbocycles. The number of rotatable bonds is 5. The molecule has 0 aliphatic rings. The maximum Gasteiger partial charge on any atom is 0.126 e. The van der Waals surface area contributed by atoms with E-state index in [0.717, 1.165) is 17.7 Å². The second kappa shape index (κ2) is 6.34. The van der Waals surface area contributed by atoms with Crippen LogP contribution in [-0.4, -0.2) is 13.7 Å². The second-order valence-electron chi connectivity index (χ2n) is 4.51. The fourth-order valence-electron chi connectivity index (χ4n) is 2.17. The van der Waals surface area contributed by atoms with Gasteiger partial charge in [0.25, 0.3) is 0 Å². The first-order valence-corrected chi connectivity index (χ1v) is 6.32. The lowest BCUT2D eigenvalue weighted by atomic mass is 9.91. The molecular formula is C16H18FNO. The molecule has 2 rings (SSSR count). The molecule has 1 unspecified atom stereocenters. The lowest BCUT2D eigenvalue weighted by Crippen LogP contribution is -2.16. The average molecular weight is 259 g/mol. The Labute approximate surface area is 113 Å². The van der Waals surface area contributed by atoms with E-state index in [0.29, 0.717) is 12.1 Å². The first-order valence-electron chi connectivity index (χ1n) is 6.32. The first-order chi connectivity index (χ1) is 9.24. The molecule has 0 fully saturated rings. The van der Waals surface area contributed by atoms with Crippen LogP contribution in [0, 0.1) is 5.82 Å². The SMILES string of the molecule is COc1ccc(CC(CN)c2ccccc2F)cc1. The van der Waals surface area contributed by atoms with Crippen molar-refractivity contribution in [2.45, 2.75) is 12.3 Å². The smallest absolute Gasteiger partial charge is 0.126 e. The summed E-state index contributed by atoms with van der Waals surface area (Å²) >= 11 is 0. The third kappa shape index (κ3) is 3.32. The van der Waals surface area contributed by atoms with Crippen LogP contribution in [-0.2, 0) is 6.42 Å². The van der Waals surface area contributed by atoms with Gasteiger partial charge in [0.15, 0.2) is 0 Å². The molecular weight excluding hydrogens is 241 g/mol. The van der Waals surface area contributed by atoms with Crippen LogP contribution in [0.1, 0.15) is 17.0 Å². The second-order valence-corrected chi connectivity index (χ2v) is 4.51. The Morgan fingerprint density at radius 3 is 2.37 bits per heavy atom. The number of benzene rings is 2. The first kappa shape index (κ1) is 13.6. The Bertz CT molecular complexity index is 525. The van der Waals surface area contributed by atoms with Gasteiger partial charge in [0.05, 0.1) is 7.11 Å². The predicted octanol–water partition coefficient (Wildman–Crippen LogP) is 3.12. The van der Waals surface area contributed by atoms with Gasteiger partial charge in [0.2, 0.25) is 0 Å². The molecule has 0 amide bonds. The predicted molar refractivity (Wildman–Crippen MR) is 74.9 cm³/mol. The minimum absolute atomic E-state index is 0.00500.